The first kappa shape index (κ1) is 17.2. The number of alkyl halides is 3. The zero-order valence-corrected chi connectivity index (χ0v) is 11.6. The second-order valence-electron chi connectivity index (χ2n) is 4.55. The maximum Gasteiger partial charge on any atom is 0.433 e. The number of hydrogen-bond donors (Lipinski definition) is 3. The Hall–Kier alpha value is -1.83. The first-order chi connectivity index (χ1) is 9.86. The van der Waals surface area contributed by atoms with Crippen molar-refractivity contribution < 1.29 is 23.1 Å². The molecule has 1 atom stereocenters. The van der Waals surface area contributed by atoms with Crippen molar-refractivity contribution in [2.45, 2.75) is 25.9 Å². The Balaban J connectivity index is 2.48. The molecule has 1 aromatic heterocycles. The Morgan fingerprint density at radius 1 is 1.43 bits per heavy atom. The average Bonchev–Trinajstić information content (AvgIpc) is 2.43. The molecule has 118 valence electrons. The summed E-state index contributed by atoms with van der Waals surface area (Å²) in [5, 5.41) is 13.8. The number of carbonyl (C=O) groups is 1. The van der Waals surface area contributed by atoms with Gasteiger partial charge < -0.3 is 15.7 Å². The minimum absolute atomic E-state index is 0.0463. The molecular weight excluding hydrogens is 287 g/mol. The van der Waals surface area contributed by atoms with Gasteiger partial charge in [0.1, 0.15) is 5.69 Å². The van der Waals surface area contributed by atoms with Crippen LogP contribution in [0.1, 0.15) is 25.5 Å². The van der Waals surface area contributed by atoms with E-state index >= 15 is 0 Å². The van der Waals surface area contributed by atoms with Crippen molar-refractivity contribution in [2.75, 3.05) is 18.5 Å². The Bertz CT molecular complexity index is 449. The Morgan fingerprint density at radius 2 is 2.14 bits per heavy atom. The van der Waals surface area contributed by atoms with Crippen LogP contribution in [0.25, 0.3) is 0 Å². The standard InChI is InChI=1S/C13H18F3N3O2/c1-2-9(5-6-20)7-18-12(21)19-10-3-4-11(17-8-10)13(14,15)16/h3-4,8-9,20H,2,5-7H2,1H3,(H2,18,19,21). The molecule has 0 aliphatic heterocycles. The number of halogens is 3. The predicted octanol–water partition coefficient (Wildman–Crippen LogP) is 2.63. The lowest BCUT2D eigenvalue weighted by Crippen LogP contribution is -2.33. The van der Waals surface area contributed by atoms with Gasteiger partial charge in [-0.25, -0.2) is 9.78 Å². The fourth-order valence-electron chi connectivity index (χ4n) is 1.68. The van der Waals surface area contributed by atoms with Gasteiger partial charge in [-0.1, -0.05) is 13.3 Å². The van der Waals surface area contributed by atoms with Crippen LogP contribution < -0.4 is 10.6 Å². The molecule has 0 fully saturated rings. The number of aliphatic hydroxyl groups is 1. The Morgan fingerprint density at radius 3 is 2.62 bits per heavy atom. The molecule has 1 rings (SSSR count). The van der Waals surface area contributed by atoms with Gasteiger partial charge in [-0.05, 0) is 24.5 Å². The van der Waals surface area contributed by atoms with Crippen LogP contribution in [0.3, 0.4) is 0 Å². The fourth-order valence-corrected chi connectivity index (χ4v) is 1.68. The van der Waals surface area contributed by atoms with Crippen LogP contribution >= 0.6 is 0 Å². The van der Waals surface area contributed by atoms with Crippen molar-refractivity contribution in [3.05, 3.63) is 24.0 Å². The van der Waals surface area contributed by atoms with E-state index in [-0.39, 0.29) is 18.2 Å². The lowest BCUT2D eigenvalue weighted by atomic mass is 10.0. The van der Waals surface area contributed by atoms with E-state index in [1.165, 1.54) is 0 Å². The van der Waals surface area contributed by atoms with E-state index < -0.39 is 17.9 Å². The van der Waals surface area contributed by atoms with Crippen LogP contribution in [0, 0.1) is 5.92 Å². The van der Waals surface area contributed by atoms with Crippen molar-refractivity contribution in [2.24, 2.45) is 5.92 Å². The molecule has 0 bridgehead atoms. The third-order valence-corrected chi connectivity index (χ3v) is 2.98. The van der Waals surface area contributed by atoms with Gasteiger partial charge in [-0.3, -0.25) is 0 Å². The Kier molecular flexibility index (Phi) is 6.41. The zero-order chi connectivity index (χ0) is 15.9. The summed E-state index contributed by atoms with van der Waals surface area (Å²) < 4.78 is 37.0. The second kappa shape index (κ2) is 7.82. The van der Waals surface area contributed by atoms with Crippen LogP contribution in [-0.4, -0.2) is 29.3 Å². The number of carbonyl (C=O) groups excluding carboxylic acids is 1. The highest BCUT2D eigenvalue weighted by atomic mass is 19.4. The summed E-state index contributed by atoms with van der Waals surface area (Å²) in [6, 6.07) is 1.42. The highest BCUT2D eigenvalue weighted by Gasteiger charge is 2.32. The smallest absolute Gasteiger partial charge is 0.396 e. The second-order valence-corrected chi connectivity index (χ2v) is 4.55. The number of rotatable bonds is 6. The summed E-state index contributed by atoms with van der Waals surface area (Å²) in [6.07, 6.45) is -2.16. The highest BCUT2D eigenvalue weighted by Crippen LogP contribution is 2.27. The third-order valence-electron chi connectivity index (χ3n) is 2.98. The van der Waals surface area contributed by atoms with Gasteiger partial charge in [0, 0.05) is 13.2 Å². The van der Waals surface area contributed by atoms with Crippen LogP contribution in [0.5, 0.6) is 0 Å². The van der Waals surface area contributed by atoms with Crippen molar-refractivity contribution in [3.8, 4) is 0 Å². The molecule has 0 aliphatic carbocycles. The van der Waals surface area contributed by atoms with Gasteiger partial charge in [-0.2, -0.15) is 13.2 Å². The molecule has 0 aliphatic rings. The summed E-state index contributed by atoms with van der Waals surface area (Å²) in [7, 11) is 0. The first-order valence-corrected chi connectivity index (χ1v) is 6.55. The van der Waals surface area contributed by atoms with Crippen molar-refractivity contribution in [1.82, 2.24) is 10.3 Å². The van der Waals surface area contributed by atoms with Crippen LogP contribution in [0.4, 0.5) is 23.7 Å². The van der Waals surface area contributed by atoms with Crippen molar-refractivity contribution in [3.63, 3.8) is 0 Å². The van der Waals surface area contributed by atoms with E-state index in [2.05, 4.69) is 15.6 Å². The lowest BCUT2D eigenvalue weighted by molar-refractivity contribution is -0.141. The molecular formula is C13H18F3N3O2. The van der Waals surface area contributed by atoms with Crippen molar-refractivity contribution in [1.29, 1.82) is 0 Å². The summed E-state index contributed by atoms with van der Waals surface area (Å²) in [6.45, 7) is 2.38. The van der Waals surface area contributed by atoms with Gasteiger partial charge in [0.05, 0.1) is 11.9 Å². The molecule has 0 saturated carbocycles. The van der Waals surface area contributed by atoms with Gasteiger partial charge in [0.15, 0.2) is 0 Å². The first-order valence-electron chi connectivity index (χ1n) is 6.55. The van der Waals surface area contributed by atoms with Crippen LogP contribution in [0.2, 0.25) is 0 Å². The third kappa shape index (κ3) is 5.99. The van der Waals surface area contributed by atoms with Crippen LogP contribution in [-0.2, 0) is 6.18 Å². The zero-order valence-electron chi connectivity index (χ0n) is 11.6. The van der Waals surface area contributed by atoms with E-state index in [0.717, 1.165) is 24.8 Å². The molecule has 1 heterocycles. The fraction of sp³-hybridized carbons (Fsp3) is 0.538. The summed E-state index contributed by atoms with van der Waals surface area (Å²) >= 11 is 0. The van der Waals surface area contributed by atoms with Gasteiger partial charge >= 0.3 is 12.2 Å². The molecule has 0 aromatic carbocycles. The normalized spacial score (nSPS) is 12.8. The molecule has 0 radical (unpaired) electrons. The minimum Gasteiger partial charge on any atom is -0.396 e. The number of aliphatic hydroxyl groups excluding tert-OH is 1. The van der Waals surface area contributed by atoms with Crippen molar-refractivity contribution >= 4 is 11.7 Å². The number of anilines is 1. The monoisotopic (exact) mass is 305 g/mol. The topological polar surface area (TPSA) is 74.2 Å². The number of pyridine rings is 1. The van der Waals surface area contributed by atoms with E-state index in [1.807, 2.05) is 6.92 Å². The quantitative estimate of drug-likeness (QED) is 0.756. The van der Waals surface area contributed by atoms with E-state index in [4.69, 9.17) is 5.11 Å². The SMILES string of the molecule is CCC(CCO)CNC(=O)Nc1ccc(C(F)(F)F)nc1. The molecule has 0 saturated heterocycles. The molecule has 5 nitrogen and oxygen atoms in total. The number of nitrogens with one attached hydrogen (secondary N) is 2. The number of amides is 2. The van der Waals surface area contributed by atoms with Gasteiger partial charge in [0.2, 0.25) is 0 Å². The minimum atomic E-state index is -4.50. The molecule has 8 heteroatoms. The largest absolute Gasteiger partial charge is 0.433 e. The summed E-state index contributed by atoms with van der Waals surface area (Å²) in [5.41, 5.74) is -0.835. The molecule has 1 unspecified atom stereocenters. The molecule has 2 amide bonds. The van der Waals surface area contributed by atoms with Gasteiger partial charge in [0.25, 0.3) is 0 Å². The van der Waals surface area contributed by atoms with E-state index in [1.54, 1.807) is 0 Å². The number of aromatic nitrogens is 1. The highest BCUT2D eigenvalue weighted by molar-refractivity contribution is 5.88. The number of hydrogen-bond acceptors (Lipinski definition) is 3. The maximum atomic E-state index is 12.3. The predicted molar refractivity (Wildman–Crippen MR) is 71.7 cm³/mol. The Labute approximate surface area is 120 Å². The summed E-state index contributed by atoms with van der Waals surface area (Å²) in [4.78, 5) is 14.8. The van der Waals surface area contributed by atoms with Gasteiger partial charge in [-0.15, -0.1) is 0 Å². The molecule has 21 heavy (non-hydrogen) atoms. The van der Waals surface area contributed by atoms with E-state index in [0.29, 0.717) is 13.0 Å². The number of urea groups is 1. The average molecular weight is 305 g/mol. The molecule has 3 N–H and O–H groups in total. The lowest BCUT2D eigenvalue weighted by Gasteiger charge is -2.14. The maximum absolute atomic E-state index is 12.3. The molecule has 1 aromatic rings. The van der Waals surface area contributed by atoms with E-state index in [9.17, 15) is 18.0 Å². The molecule has 0 spiro atoms. The number of nitrogens with zero attached hydrogens (tertiary/aromatic N) is 1. The summed E-state index contributed by atoms with van der Waals surface area (Å²) in [5.74, 6) is 0.159. The van der Waals surface area contributed by atoms with Crippen LogP contribution in [0.15, 0.2) is 18.3 Å².